The van der Waals surface area contributed by atoms with Crippen LogP contribution in [-0.2, 0) is 12.8 Å². The predicted octanol–water partition coefficient (Wildman–Crippen LogP) is 2.97. The maximum absolute atomic E-state index is 12.1. The molecule has 0 aliphatic rings. The van der Waals surface area contributed by atoms with Crippen LogP contribution in [0, 0.1) is 0 Å². The first-order valence-corrected chi connectivity index (χ1v) is 9.41. The van der Waals surface area contributed by atoms with Crippen LogP contribution < -0.4 is 15.4 Å². The number of methoxy groups -OCH3 is 1. The van der Waals surface area contributed by atoms with Gasteiger partial charge in [0.15, 0.2) is 5.96 Å². The Hall–Kier alpha value is -2.29. The molecule has 0 heterocycles. The molecule has 0 unspecified atom stereocenters. The molecule has 7 heteroatoms. The van der Waals surface area contributed by atoms with Gasteiger partial charge in [0.25, 0.3) is 5.91 Å². The van der Waals surface area contributed by atoms with E-state index in [-0.39, 0.29) is 29.9 Å². The number of hydrogen-bond acceptors (Lipinski definition) is 3. The summed E-state index contributed by atoms with van der Waals surface area (Å²) in [5, 5.41) is 6.64. The lowest BCUT2D eigenvalue weighted by atomic mass is 10.1. The number of nitrogens with zero attached hydrogens (tertiary/aromatic N) is 2. The summed E-state index contributed by atoms with van der Waals surface area (Å²) in [6, 6.07) is 15.8. The van der Waals surface area contributed by atoms with Gasteiger partial charge in [0, 0.05) is 39.8 Å². The highest BCUT2D eigenvalue weighted by molar-refractivity contribution is 14.0. The minimum absolute atomic E-state index is 0. The highest BCUT2D eigenvalue weighted by atomic mass is 127. The summed E-state index contributed by atoms with van der Waals surface area (Å²) in [7, 11) is 6.96. The van der Waals surface area contributed by atoms with Crippen molar-refractivity contribution in [2.45, 2.75) is 12.8 Å². The molecule has 0 aliphatic carbocycles. The van der Waals surface area contributed by atoms with E-state index in [0.717, 1.165) is 43.2 Å². The molecule has 0 aliphatic heterocycles. The van der Waals surface area contributed by atoms with Crippen molar-refractivity contribution in [2.75, 3.05) is 41.3 Å². The Kier molecular flexibility index (Phi) is 11.1. The van der Waals surface area contributed by atoms with Crippen molar-refractivity contribution >= 4 is 35.8 Å². The SMILES string of the molecule is CN=C(NCCc1ccc(OC)cc1)NCCc1cccc(C(=O)N(C)C)c1.I. The first kappa shape index (κ1) is 24.7. The maximum atomic E-state index is 12.1. The molecular formula is C22H31IN4O2. The van der Waals surface area contributed by atoms with Crippen LogP contribution in [0.25, 0.3) is 0 Å². The van der Waals surface area contributed by atoms with Gasteiger partial charge < -0.3 is 20.3 Å². The number of guanidine groups is 1. The molecule has 0 saturated heterocycles. The lowest BCUT2D eigenvalue weighted by molar-refractivity contribution is 0.0827. The first-order valence-electron chi connectivity index (χ1n) is 9.41. The third-order valence-electron chi connectivity index (χ3n) is 4.38. The number of carbonyl (C=O) groups is 1. The molecule has 0 atom stereocenters. The van der Waals surface area contributed by atoms with Gasteiger partial charge in [-0.2, -0.15) is 0 Å². The van der Waals surface area contributed by atoms with E-state index in [1.807, 2.05) is 36.4 Å². The number of aliphatic imine (C=N–C) groups is 1. The van der Waals surface area contributed by atoms with E-state index in [9.17, 15) is 4.79 Å². The van der Waals surface area contributed by atoms with Crippen LogP contribution in [0.5, 0.6) is 5.75 Å². The van der Waals surface area contributed by atoms with Crippen LogP contribution >= 0.6 is 24.0 Å². The minimum Gasteiger partial charge on any atom is -0.497 e. The summed E-state index contributed by atoms with van der Waals surface area (Å²) < 4.78 is 5.18. The van der Waals surface area contributed by atoms with Crippen molar-refractivity contribution in [1.29, 1.82) is 0 Å². The van der Waals surface area contributed by atoms with E-state index >= 15 is 0 Å². The summed E-state index contributed by atoms with van der Waals surface area (Å²) in [4.78, 5) is 17.9. The predicted molar refractivity (Wildman–Crippen MR) is 130 cm³/mol. The summed E-state index contributed by atoms with van der Waals surface area (Å²) >= 11 is 0. The molecule has 0 aromatic heterocycles. The Bertz CT molecular complexity index is 792. The number of halogens is 1. The fraction of sp³-hybridized carbons (Fsp3) is 0.364. The molecule has 2 aromatic rings. The van der Waals surface area contributed by atoms with E-state index in [4.69, 9.17) is 4.74 Å². The van der Waals surface area contributed by atoms with Gasteiger partial charge in [-0.15, -0.1) is 24.0 Å². The Balaban J connectivity index is 0.00000420. The standard InChI is InChI=1S/C22H30N4O2.HI/c1-23-22(24-14-12-17-8-10-20(28-4)11-9-17)25-15-13-18-6-5-7-19(16-18)21(27)26(2)3;/h5-11,16H,12-15H2,1-4H3,(H2,23,24,25);1H. The number of rotatable bonds is 8. The van der Waals surface area contributed by atoms with Crippen LogP contribution in [0.2, 0.25) is 0 Å². The number of benzene rings is 2. The van der Waals surface area contributed by atoms with Crippen molar-refractivity contribution in [3.63, 3.8) is 0 Å². The maximum Gasteiger partial charge on any atom is 0.253 e. The average molecular weight is 510 g/mol. The van der Waals surface area contributed by atoms with E-state index in [2.05, 4.69) is 27.8 Å². The minimum atomic E-state index is 0. The molecule has 0 spiro atoms. The molecule has 1 amide bonds. The molecule has 0 radical (unpaired) electrons. The number of amides is 1. The van der Waals surface area contributed by atoms with E-state index in [1.54, 1.807) is 33.2 Å². The Labute approximate surface area is 190 Å². The van der Waals surface area contributed by atoms with Gasteiger partial charge in [0.1, 0.15) is 5.75 Å². The zero-order chi connectivity index (χ0) is 20.4. The third-order valence-corrected chi connectivity index (χ3v) is 4.38. The zero-order valence-corrected chi connectivity index (χ0v) is 19.9. The number of ether oxygens (including phenoxy) is 1. The van der Waals surface area contributed by atoms with Crippen molar-refractivity contribution in [1.82, 2.24) is 15.5 Å². The molecule has 0 bridgehead atoms. The van der Waals surface area contributed by atoms with Crippen LogP contribution in [0.3, 0.4) is 0 Å². The number of nitrogens with one attached hydrogen (secondary N) is 2. The van der Waals surface area contributed by atoms with E-state index in [0.29, 0.717) is 5.56 Å². The quantitative estimate of drug-likeness (QED) is 0.326. The molecule has 2 N–H and O–H groups in total. The van der Waals surface area contributed by atoms with Gasteiger partial charge >= 0.3 is 0 Å². The van der Waals surface area contributed by atoms with Crippen molar-refractivity contribution in [3.8, 4) is 5.75 Å². The fourth-order valence-electron chi connectivity index (χ4n) is 2.78. The molecular weight excluding hydrogens is 479 g/mol. The first-order chi connectivity index (χ1) is 13.5. The van der Waals surface area contributed by atoms with Crippen LogP contribution in [-0.4, -0.2) is 58.1 Å². The number of carbonyl (C=O) groups excluding carboxylic acids is 1. The second-order valence-corrected chi connectivity index (χ2v) is 6.67. The molecule has 2 rings (SSSR count). The zero-order valence-electron chi connectivity index (χ0n) is 17.6. The van der Waals surface area contributed by atoms with Crippen LogP contribution in [0.15, 0.2) is 53.5 Å². The Morgan fingerprint density at radius 1 is 1.00 bits per heavy atom. The third kappa shape index (κ3) is 8.31. The summed E-state index contributed by atoms with van der Waals surface area (Å²) in [6.45, 7) is 1.53. The lowest BCUT2D eigenvalue weighted by Crippen LogP contribution is -2.39. The van der Waals surface area contributed by atoms with Gasteiger partial charge in [0.05, 0.1) is 7.11 Å². The van der Waals surface area contributed by atoms with Gasteiger partial charge in [-0.3, -0.25) is 9.79 Å². The molecule has 29 heavy (non-hydrogen) atoms. The van der Waals surface area contributed by atoms with Gasteiger partial charge in [-0.1, -0.05) is 24.3 Å². The highest BCUT2D eigenvalue weighted by Gasteiger charge is 2.08. The van der Waals surface area contributed by atoms with Crippen molar-refractivity contribution in [3.05, 3.63) is 65.2 Å². The monoisotopic (exact) mass is 510 g/mol. The fourth-order valence-corrected chi connectivity index (χ4v) is 2.78. The second-order valence-electron chi connectivity index (χ2n) is 6.67. The largest absolute Gasteiger partial charge is 0.497 e. The van der Waals surface area contributed by atoms with Crippen molar-refractivity contribution in [2.24, 2.45) is 4.99 Å². The summed E-state index contributed by atoms with van der Waals surface area (Å²) in [6.07, 6.45) is 1.72. The molecule has 6 nitrogen and oxygen atoms in total. The highest BCUT2D eigenvalue weighted by Crippen LogP contribution is 2.11. The second kappa shape index (κ2) is 13.0. The molecule has 158 valence electrons. The summed E-state index contributed by atoms with van der Waals surface area (Å²) in [5.41, 5.74) is 3.07. The Morgan fingerprint density at radius 2 is 1.62 bits per heavy atom. The Morgan fingerprint density at radius 3 is 2.17 bits per heavy atom. The number of hydrogen-bond donors (Lipinski definition) is 2. The normalized spacial score (nSPS) is 10.7. The molecule has 0 saturated carbocycles. The van der Waals surface area contributed by atoms with E-state index < -0.39 is 0 Å². The van der Waals surface area contributed by atoms with Gasteiger partial charge in [0.2, 0.25) is 0 Å². The van der Waals surface area contributed by atoms with Crippen LogP contribution in [0.4, 0.5) is 0 Å². The molecule has 2 aromatic carbocycles. The van der Waals surface area contributed by atoms with E-state index in [1.165, 1.54) is 5.56 Å². The van der Waals surface area contributed by atoms with Gasteiger partial charge in [-0.25, -0.2) is 0 Å². The van der Waals surface area contributed by atoms with Gasteiger partial charge in [-0.05, 0) is 48.2 Å². The topological polar surface area (TPSA) is 66.0 Å². The molecule has 0 fully saturated rings. The lowest BCUT2D eigenvalue weighted by Gasteiger charge is -2.13. The summed E-state index contributed by atoms with van der Waals surface area (Å²) in [5.74, 6) is 1.66. The van der Waals surface area contributed by atoms with Crippen molar-refractivity contribution < 1.29 is 9.53 Å². The smallest absolute Gasteiger partial charge is 0.253 e. The van der Waals surface area contributed by atoms with Crippen LogP contribution in [0.1, 0.15) is 21.5 Å². The average Bonchev–Trinajstić information content (AvgIpc) is 2.72.